The second-order valence-corrected chi connectivity index (χ2v) is 11.8. The molecule has 4 aliphatic carbocycles. The molecule has 9 heteroatoms. The number of nitrogens with one attached hydrogen (secondary N) is 3. The third kappa shape index (κ3) is 6.40. The van der Waals surface area contributed by atoms with Gasteiger partial charge in [-0.3, -0.25) is 14.9 Å². The predicted molar refractivity (Wildman–Crippen MR) is 139 cm³/mol. The van der Waals surface area contributed by atoms with Crippen LogP contribution in [0.3, 0.4) is 0 Å². The Hall–Kier alpha value is -1.90. The van der Waals surface area contributed by atoms with Gasteiger partial charge in [0.05, 0.1) is 17.7 Å². The van der Waals surface area contributed by atoms with Crippen LogP contribution in [0.15, 0.2) is 18.2 Å². The van der Waals surface area contributed by atoms with E-state index >= 15 is 0 Å². The summed E-state index contributed by atoms with van der Waals surface area (Å²) in [6, 6.07) is 4.38. The van der Waals surface area contributed by atoms with Gasteiger partial charge in [0.15, 0.2) is 6.61 Å². The molecule has 0 radical (unpaired) electrons. The SMILES string of the molecule is CC1OC(CNC(=O)C2CC(NC(=O)COc3ccc(Cl)c(F)c3)C3CC2C3)NC1C1CCCCCC1. The molecule has 5 aliphatic rings. The van der Waals surface area contributed by atoms with E-state index in [1.54, 1.807) is 0 Å². The van der Waals surface area contributed by atoms with Gasteiger partial charge in [-0.1, -0.05) is 37.3 Å². The quantitative estimate of drug-likeness (QED) is 0.435. The zero-order chi connectivity index (χ0) is 25.9. The molecule has 0 aromatic heterocycles. The maximum Gasteiger partial charge on any atom is 0.258 e. The number of rotatable bonds is 8. The van der Waals surface area contributed by atoms with E-state index in [1.165, 1.54) is 50.7 Å². The van der Waals surface area contributed by atoms with Gasteiger partial charge < -0.3 is 20.1 Å². The standard InChI is InChI=1S/C28H39ClFN3O4/c1-16-27(17-6-4-2-3-5-7-17)33-26(37-16)14-31-28(35)21-13-24(19-10-18(21)11-19)32-25(34)15-36-20-8-9-22(29)23(30)12-20/h8-9,12,16-19,21,24,26-27,33H,2-7,10-11,13-15H2,1H3,(H,31,35)(H,32,34). The lowest BCUT2D eigenvalue weighted by Gasteiger charge is -2.50. The molecule has 1 aromatic carbocycles. The lowest BCUT2D eigenvalue weighted by Crippen LogP contribution is -2.57. The number of carbonyl (C=O) groups excluding carboxylic acids is 2. The average molecular weight is 536 g/mol. The van der Waals surface area contributed by atoms with E-state index in [0.29, 0.717) is 36.8 Å². The summed E-state index contributed by atoms with van der Waals surface area (Å²) in [5.41, 5.74) is 0. The Morgan fingerprint density at radius 1 is 1.11 bits per heavy atom. The van der Waals surface area contributed by atoms with Crippen LogP contribution >= 0.6 is 11.6 Å². The smallest absolute Gasteiger partial charge is 0.258 e. The Morgan fingerprint density at radius 3 is 2.59 bits per heavy atom. The van der Waals surface area contributed by atoms with Crippen LogP contribution in [-0.4, -0.2) is 49.4 Å². The molecule has 6 rings (SSSR count). The van der Waals surface area contributed by atoms with E-state index in [4.69, 9.17) is 21.1 Å². The van der Waals surface area contributed by atoms with Gasteiger partial charge in [-0.25, -0.2) is 4.39 Å². The summed E-state index contributed by atoms with van der Waals surface area (Å²) < 4.78 is 25.2. The van der Waals surface area contributed by atoms with Crippen molar-refractivity contribution >= 4 is 23.4 Å². The van der Waals surface area contributed by atoms with Crippen LogP contribution in [0.1, 0.15) is 64.7 Å². The first-order valence-electron chi connectivity index (χ1n) is 13.9. The summed E-state index contributed by atoms with van der Waals surface area (Å²) in [5, 5.41) is 9.82. The van der Waals surface area contributed by atoms with E-state index in [-0.39, 0.29) is 53.5 Å². The Labute approximate surface area is 223 Å². The van der Waals surface area contributed by atoms with E-state index in [2.05, 4.69) is 22.9 Å². The van der Waals surface area contributed by atoms with Crippen molar-refractivity contribution in [3.8, 4) is 5.75 Å². The molecular formula is C28H39ClFN3O4. The maximum atomic E-state index is 13.6. The van der Waals surface area contributed by atoms with Gasteiger partial charge in [0.1, 0.15) is 17.8 Å². The zero-order valence-electron chi connectivity index (χ0n) is 21.5. The number of carbonyl (C=O) groups is 2. The molecule has 7 nitrogen and oxygen atoms in total. The molecule has 204 valence electrons. The minimum atomic E-state index is -0.589. The van der Waals surface area contributed by atoms with Crippen molar-refractivity contribution in [2.24, 2.45) is 23.7 Å². The van der Waals surface area contributed by atoms with E-state index < -0.39 is 5.82 Å². The zero-order valence-corrected chi connectivity index (χ0v) is 22.3. The van der Waals surface area contributed by atoms with Gasteiger partial charge >= 0.3 is 0 Å². The van der Waals surface area contributed by atoms with Crippen molar-refractivity contribution in [1.29, 1.82) is 0 Å². The number of amides is 2. The van der Waals surface area contributed by atoms with E-state index in [9.17, 15) is 14.0 Å². The number of halogens is 2. The molecule has 5 unspecified atom stereocenters. The Morgan fingerprint density at radius 2 is 1.86 bits per heavy atom. The molecule has 5 atom stereocenters. The van der Waals surface area contributed by atoms with Crippen LogP contribution in [0.2, 0.25) is 5.02 Å². The molecule has 1 heterocycles. The molecule has 1 aromatic rings. The fourth-order valence-electron chi connectivity index (χ4n) is 6.84. The molecule has 2 bridgehead atoms. The molecule has 3 N–H and O–H groups in total. The average Bonchev–Trinajstić information content (AvgIpc) is 3.04. The van der Waals surface area contributed by atoms with Crippen LogP contribution < -0.4 is 20.7 Å². The third-order valence-corrected chi connectivity index (χ3v) is 9.24. The number of benzene rings is 1. The molecule has 1 saturated heterocycles. The molecular weight excluding hydrogens is 497 g/mol. The molecule has 1 aliphatic heterocycles. The van der Waals surface area contributed by atoms with Gasteiger partial charge in [0.25, 0.3) is 5.91 Å². The van der Waals surface area contributed by atoms with Gasteiger partial charge in [0.2, 0.25) is 5.91 Å². The number of hydrogen-bond acceptors (Lipinski definition) is 5. The highest BCUT2D eigenvalue weighted by atomic mass is 35.5. The predicted octanol–water partition coefficient (Wildman–Crippen LogP) is 4.18. The number of fused-ring (bicyclic) bond motifs is 2. The summed E-state index contributed by atoms with van der Waals surface area (Å²) in [7, 11) is 0. The van der Waals surface area contributed by atoms with Crippen molar-refractivity contribution < 1.29 is 23.5 Å². The molecule has 2 amide bonds. The van der Waals surface area contributed by atoms with Crippen LogP contribution in [0.5, 0.6) is 5.75 Å². The Bertz CT molecular complexity index is 967. The van der Waals surface area contributed by atoms with Crippen LogP contribution in [0.25, 0.3) is 0 Å². The summed E-state index contributed by atoms with van der Waals surface area (Å²) in [4.78, 5) is 25.6. The fraction of sp³-hybridized carbons (Fsp3) is 0.714. The Kier molecular flexibility index (Phi) is 8.57. The molecule has 5 fully saturated rings. The molecule has 0 spiro atoms. The summed E-state index contributed by atoms with van der Waals surface area (Å²) >= 11 is 5.69. The lowest BCUT2D eigenvalue weighted by molar-refractivity contribution is -0.136. The molecule has 37 heavy (non-hydrogen) atoms. The van der Waals surface area contributed by atoms with E-state index in [0.717, 1.165) is 18.9 Å². The normalized spacial score (nSPS) is 33.8. The topological polar surface area (TPSA) is 88.7 Å². The lowest BCUT2D eigenvalue weighted by atomic mass is 9.57. The summed E-state index contributed by atoms with van der Waals surface area (Å²) in [6.07, 6.45) is 10.3. The van der Waals surface area contributed by atoms with Crippen molar-refractivity contribution in [3.05, 3.63) is 29.0 Å². The van der Waals surface area contributed by atoms with Crippen LogP contribution in [-0.2, 0) is 14.3 Å². The first-order valence-corrected chi connectivity index (χ1v) is 14.3. The van der Waals surface area contributed by atoms with Gasteiger partial charge in [-0.05, 0) is 68.9 Å². The monoisotopic (exact) mass is 535 g/mol. The Balaban J connectivity index is 1.06. The van der Waals surface area contributed by atoms with Crippen molar-refractivity contribution in [1.82, 2.24) is 16.0 Å². The fourth-order valence-corrected chi connectivity index (χ4v) is 6.96. The minimum absolute atomic E-state index is 0.00657. The third-order valence-electron chi connectivity index (χ3n) is 8.93. The van der Waals surface area contributed by atoms with Crippen LogP contribution in [0.4, 0.5) is 4.39 Å². The largest absolute Gasteiger partial charge is 0.484 e. The first-order chi connectivity index (χ1) is 17.9. The summed E-state index contributed by atoms with van der Waals surface area (Å²) in [5.74, 6) is 0.745. The highest BCUT2D eigenvalue weighted by Gasteiger charge is 2.49. The van der Waals surface area contributed by atoms with Crippen molar-refractivity contribution in [3.63, 3.8) is 0 Å². The van der Waals surface area contributed by atoms with Crippen LogP contribution in [0, 0.1) is 29.5 Å². The highest BCUT2D eigenvalue weighted by Crippen LogP contribution is 2.49. The molecule has 4 saturated carbocycles. The second kappa shape index (κ2) is 11.9. The number of hydrogen-bond donors (Lipinski definition) is 3. The van der Waals surface area contributed by atoms with E-state index in [1.807, 2.05) is 0 Å². The van der Waals surface area contributed by atoms with Gasteiger partial charge in [-0.15, -0.1) is 0 Å². The summed E-state index contributed by atoms with van der Waals surface area (Å²) in [6.45, 7) is 2.39. The van der Waals surface area contributed by atoms with Crippen molar-refractivity contribution in [2.75, 3.05) is 13.2 Å². The first kappa shape index (κ1) is 26.7. The highest BCUT2D eigenvalue weighted by molar-refractivity contribution is 6.30. The van der Waals surface area contributed by atoms with Gasteiger partial charge in [0, 0.05) is 24.1 Å². The number of ether oxygens (including phenoxy) is 2. The maximum absolute atomic E-state index is 13.6. The second-order valence-electron chi connectivity index (χ2n) is 11.4. The minimum Gasteiger partial charge on any atom is -0.484 e. The van der Waals surface area contributed by atoms with Crippen molar-refractivity contribution in [2.45, 2.75) is 89.1 Å². The van der Waals surface area contributed by atoms with Gasteiger partial charge in [-0.2, -0.15) is 0 Å².